The van der Waals surface area contributed by atoms with Crippen LogP contribution in [-0.4, -0.2) is 51.6 Å². The van der Waals surface area contributed by atoms with Crippen molar-refractivity contribution in [3.63, 3.8) is 0 Å². The number of rotatable bonds is 5. The maximum atomic E-state index is 13.0. The topological polar surface area (TPSA) is 84.9 Å². The fourth-order valence-electron chi connectivity index (χ4n) is 3.48. The lowest BCUT2D eigenvalue weighted by Crippen LogP contribution is -2.48. The van der Waals surface area contributed by atoms with E-state index in [0.717, 1.165) is 0 Å². The Hall–Kier alpha value is -2.58. The molecule has 29 heavy (non-hydrogen) atoms. The van der Waals surface area contributed by atoms with E-state index in [9.17, 15) is 13.2 Å². The highest BCUT2D eigenvalue weighted by Gasteiger charge is 2.28. The first-order valence-corrected chi connectivity index (χ1v) is 10.9. The second-order valence-electron chi connectivity index (χ2n) is 7.25. The molecule has 1 N–H and O–H groups in total. The third kappa shape index (κ3) is 4.71. The summed E-state index contributed by atoms with van der Waals surface area (Å²) in [5, 5.41) is 0. The lowest BCUT2D eigenvalue weighted by atomic mass is 10.1. The number of hydrogen-bond acceptors (Lipinski definition) is 5. The Kier molecular flexibility index (Phi) is 6.14. The maximum absolute atomic E-state index is 13.0. The minimum atomic E-state index is -3.91. The van der Waals surface area contributed by atoms with Gasteiger partial charge in [0.25, 0.3) is 15.9 Å². The van der Waals surface area contributed by atoms with Crippen LogP contribution in [-0.2, 0) is 14.8 Å². The van der Waals surface area contributed by atoms with Crippen molar-refractivity contribution in [2.24, 2.45) is 0 Å². The predicted molar refractivity (Wildman–Crippen MR) is 111 cm³/mol. The van der Waals surface area contributed by atoms with Crippen LogP contribution in [0.25, 0.3) is 0 Å². The van der Waals surface area contributed by atoms with Crippen molar-refractivity contribution in [2.45, 2.75) is 37.9 Å². The molecule has 2 atom stereocenters. The van der Waals surface area contributed by atoms with E-state index in [0.29, 0.717) is 35.7 Å². The first kappa shape index (κ1) is 21.1. The molecule has 0 aliphatic carbocycles. The highest BCUT2D eigenvalue weighted by molar-refractivity contribution is 7.92. The number of methoxy groups -OCH3 is 1. The molecule has 0 bridgehead atoms. The van der Waals surface area contributed by atoms with Gasteiger partial charge in [-0.1, -0.05) is 18.2 Å². The second-order valence-corrected chi connectivity index (χ2v) is 8.90. The molecule has 1 fully saturated rings. The summed E-state index contributed by atoms with van der Waals surface area (Å²) in [6, 6.07) is 11.5. The van der Waals surface area contributed by atoms with Gasteiger partial charge in [-0.15, -0.1) is 0 Å². The van der Waals surface area contributed by atoms with E-state index in [2.05, 4.69) is 4.72 Å². The third-order valence-corrected chi connectivity index (χ3v) is 6.29. The molecule has 1 heterocycles. The Morgan fingerprint density at radius 3 is 2.45 bits per heavy atom. The summed E-state index contributed by atoms with van der Waals surface area (Å²) in [6.07, 6.45) is -0.132. The lowest BCUT2D eigenvalue weighted by Gasteiger charge is -2.35. The van der Waals surface area contributed by atoms with Crippen LogP contribution in [0.1, 0.15) is 29.8 Å². The number of nitrogens with zero attached hydrogens (tertiary/aromatic N) is 1. The number of nitrogens with one attached hydrogen (secondary N) is 1. The number of ether oxygens (including phenoxy) is 2. The van der Waals surface area contributed by atoms with Gasteiger partial charge in [-0.3, -0.25) is 9.52 Å². The van der Waals surface area contributed by atoms with Crippen LogP contribution in [0.5, 0.6) is 5.75 Å². The number of aryl methyl sites for hydroxylation is 1. The quantitative estimate of drug-likeness (QED) is 0.807. The highest BCUT2D eigenvalue weighted by Crippen LogP contribution is 2.28. The summed E-state index contributed by atoms with van der Waals surface area (Å²) in [6.45, 7) is 6.47. The van der Waals surface area contributed by atoms with Crippen molar-refractivity contribution in [3.8, 4) is 5.75 Å². The zero-order chi connectivity index (χ0) is 21.2. The summed E-state index contributed by atoms with van der Waals surface area (Å²) in [5.74, 6) is 0.206. The van der Waals surface area contributed by atoms with Gasteiger partial charge >= 0.3 is 0 Å². The Bertz CT molecular complexity index is 996. The van der Waals surface area contributed by atoms with Gasteiger partial charge in [-0.05, 0) is 50.6 Å². The number of morpholine rings is 1. The van der Waals surface area contributed by atoms with E-state index in [1.54, 1.807) is 48.2 Å². The molecular formula is C21H26N2O5S. The van der Waals surface area contributed by atoms with Gasteiger partial charge in [0.2, 0.25) is 0 Å². The Morgan fingerprint density at radius 1 is 1.14 bits per heavy atom. The van der Waals surface area contributed by atoms with Crippen LogP contribution in [0.15, 0.2) is 47.4 Å². The first-order valence-electron chi connectivity index (χ1n) is 9.42. The standard InChI is InChI=1S/C21H26N2O5S/c1-14-9-10-17(21(24)23-12-15(2)28-16(3)13-23)11-20(14)29(25,26)22-18-7-5-6-8-19(18)27-4/h5-11,15-16,22H,12-13H2,1-4H3. The number of carbonyl (C=O) groups is 1. The second kappa shape index (κ2) is 8.42. The van der Waals surface area contributed by atoms with Gasteiger partial charge in [0.15, 0.2) is 0 Å². The molecule has 1 saturated heterocycles. The average molecular weight is 419 g/mol. The Morgan fingerprint density at radius 2 is 1.79 bits per heavy atom. The first-order chi connectivity index (χ1) is 13.7. The lowest BCUT2D eigenvalue weighted by molar-refractivity contribution is -0.0586. The zero-order valence-electron chi connectivity index (χ0n) is 17.0. The number of sulfonamides is 1. The molecule has 0 radical (unpaired) electrons. The van der Waals surface area contributed by atoms with E-state index in [1.165, 1.54) is 13.2 Å². The molecule has 1 aliphatic rings. The monoisotopic (exact) mass is 418 g/mol. The van der Waals surface area contributed by atoms with E-state index in [1.807, 2.05) is 13.8 Å². The molecule has 2 aromatic carbocycles. The van der Waals surface area contributed by atoms with Crippen molar-refractivity contribution >= 4 is 21.6 Å². The molecule has 2 aromatic rings. The highest BCUT2D eigenvalue weighted by atomic mass is 32.2. The Balaban J connectivity index is 1.91. The molecule has 7 nitrogen and oxygen atoms in total. The molecule has 0 saturated carbocycles. The molecular weight excluding hydrogens is 392 g/mol. The van der Waals surface area contributed by atoms with Gasteiger partial charge in [0.05, 0.1) is 29.9 Å². The molecule has 0 aromatic heterocycles. The van der Waals surface area contributed by atoms with Crippen LogP contribution in [0.3, 0.4) is 0 Å². The third-order valence-electron chi connectivity index (χ3n) is 4.78. The number of carbonyl (C=O) groups excluding carboxylic acids is 1. The zero-order valence-corrected chi connectivity index (χ0v) is 17.8. The summed E-state index contributed by atoms with van der Waals surface area (Å²) in [5.41, 5.74) is 1.21. The van der Waals surface area contributed by atoms with Crippen molar-refractivity contribution in [3.05, 3.63) is 53.6 Å². The van der Waals surface area contributed by atoms with E-state index in [4.69, 9.17) is 9.47 Å². The fourth-order valence-corrected chi connectivity index (χ4v) is 4.82. The van der Waals surface area contributed by atoms with Gasteiger partial charge in [0, 0.05) is 18.7 Å². The number of benzene rings is 2. The molecule has 1 aliphatic heterocycles. The average Bonchev–Trinajstić information content (AvgIpc) is 2.67. The van der Waals surface area contributed by atoms with Crippen LogP contribution in [0.2, 0.25) is 0 Å². The van der Waals surface area contributed by atoms with Crippen molar-refractivity contribution < 1.29 is 22.7 Å². The van der Waals surface area contributed by atoms with Crippen molar-refractivity contribution in [1.29, 1.82) is 0 Å². The summed E-state index contributed by atoms with van der Waals surface area (Å²) >= 11 is 0. The maximum Gasteiger partial charge on any atom is 0.262 e. The van der Waals surface area contributed by atoms with Crippen molar-refractivity contribution in [1.82, 2.24) is 4.90 Å². The van der Waals surface area contributed by atoms with Gasteiger partial charge in [0.1, 0.15) is 5.75 Å². The fraction of sp³-hybridized carbons (Fsp3) is 0.381. The van der Waals surface area contributed by atoms with Gasteiger partial charge in [-0.2, -0.15) is 0 Å². The van der Waals surface area contributed by atoms with Crippen LogP contribution in [0, 0.1) is 6.92 Å². The number of para-hydroxylation sites is 2. The van der Waals surface area contributed by atoms with E-state index < -0.39 is 10.0 Å². The SMILES string of the molecule is COc1ccccc1NS(=O)(=O)c1cc(C(=O)N2CC(C)OC(C)C2)ccc1C. The molecule has 0 spiro atoms. The molecule has 1 amide bonds. The number of anilines is 1. The van der Waals surface area contributed by atoms with Crippen LogP contribution < -0.4 is 9.46 Å². The predicted octanol–water partition coefficient (Wildman–Crippen LogP) is 3.05. The normalized spacial score (nSPS) is 19.7. The van der Waals surface area contributed by atoms with E-state index in [-0.39, 0.29) is 23.0 Å². The van der Waals surface area contributed by atoms with Crippen LogP contribution >= 0.6 is 0 Å². The summed E-state index contributed by atoms with van der Waals surface area (Å²) in [4.78, 5) is 14.7. The molecule has 156 valence electrons. The summed E-state index contributed by atoms with van der Waals surface area (Å²) in [7, 11) is -2.44. The smallest absolute Gasteiger partial charge is 0.262 e. The van der Waals surface area contributed by atoms with Gasteiger partial charge in [-0.25, -0.2) is 8.42 Å². The molecule has 8 heteroatoms. The number of hydrogen-bond donors (Lipinski definition) is 1. The van der Waals surface area contributed by atoms with Gasteiger partial charge < -0.3 is 14.4 Å². The summed E-state index contributed by atoms with van der Waals surface area (Å²) < 4.78 is 39.5. The largest absolute Gasteiger partial charge is 0.495 e. The molecule has 3 rings (SSSR count). The van der Waals surface area contributed by atoms with E-state index >= 15 is 0 Å². The minimum Gasteiger partial charge on any atom is -0.495 e. The Labute approximate surface area is 171 Å². The minimum absolute atomic E-state index is 0.0589. The number of amides is 1. The molecule has 2 unspecified atom stereocenters. The van der Waals surface area contributed by atoms with Crippen LogP contribution in [0.4, 0.5) is 5.69 Å². The van der Waals surface area contributed by atoms with Crippen molar-refractivity contribution in [2.75, 3.05) is 24.9 Å².